The van der Waals surface area contributed by atoms with Crippen molar-refractivity contribution in [1.29, 1.82) is 0 Å². The van der Waals surface area contributed by atoms with Crippen LogP contribution in [0.1, 0.15) is 43.9 Å². The van der Waals surface area contributed by atoms with Crippen LogP contribution < -0.4 is 4.90 Å². The van der Waals surface area contributed by atoms with Gasteiger partial charge in [-0.1, -0.05) is 26.0 Å². The molecule has 0 fully saturated rings. The van der Waals surface area contributed by atoms with Gasteiger partial charge in [-0.25, -0.2) is 24.1 Å². The number of nitrogens with zero attached hydrogens (tertiary/aromatic N) is 3. The lowest BCUT2D eigenvalue weighted by Crippen LogP contribution is -2.27. The van der Waals surface area contributed by atoms with Crippen LogP contribution in [0.25, 0.3) is 17.3 Å². The van der Waals surface area contributed by atoms with Crippen LogP contribution in [-0.2, 0) is 8.98 Å². The van der Waals surface area contributed by atoms with Crippen LogP contribution >= 0.6 is 12.9 Å². The van der Waals surface area contributed by atoms with Gasteiger partial charge < -0.3 is 19.5 Å². The molecule has 178 valence electrons. The summed E-state index contributed by atoms with van der Waals surface area (Å²) in [7, 11) is 1.41. The number of carbonyl (C=O) groups is 2. The molecule has 1 amide bonds. The largest absolute Gasteiger partial charge is 0.481 e. The number of amides is 1. The highest BCUT2D eigenvalue weighted by molar-refractivity contribution is 7.75. The minimum Gasteiger partial charge on any atom is -0.481 e. The van der Waals surface area contributed by atoms with Crippen molar-refractivity contribution < 1.29 is 33.5 Å². The third-order valence-electron chi connectivity index (χ3n) is 4.69. The van der Waals surface area contributed by atoms with E-state index in [0.717, 1.165) is 4.90 Å². The topological polar surface area (TPSA) is 133 Å². The zero-order valence-electron chi connectivity index (χ0n) is 18.3. The molecule has 0 unspecified atom stereocenters. The van der Waals surface area contributed by atoms with Gasteiger partial charge in [-0.2, -0.15) is 0 Å². The van der Waals surface area contributed by atoms with Crippen molar-refractivity contribution in [3.05, 3.63) is 47.4 Å². The van der Waals surface area contributed by atoms with E-state index >= 15 is 0 Å². The van der Waals surface area contributed by atoms with Gasteiger partial charge in [-0.05, 0) is 30.2 Å². The van der Waals surface area contributed by atoms with Crippen LogP contribution in [-0.4, -0.2) is 56.6 Å². The van der Waals surface area contributed by atoms with Crippen LogP contribution in [0.2, 0.25) is 0 Å². The van der Waals surface area contributed by atoms with Crippen LogP contribution in [0.4, 0.5) is 15.1 Å². The minimum atomic E-state index is -1.22. The molecule has 0 aliphatic heterocycles. The molecular formula is C22H26FN3O6S. The van der Waals surface area contributed by atoms with Crippen molar-refractivity contribution in [2.24, 2.45) is 0 Å². The summed E-state index contributed by atoms with van der Waals surface area (Å²) in [5, 5.41) is 28.8. The van der Waals surface area contributed by atoms with E-state index in [-0.39, 0.29) is 18.3 Å². The highest BCUT2D eigenvalue weighted by Gasteiger charge is 2.22. The summed E-state index contributed by atoms with van der Waals surface area (Å²) in [6.07, 6.45) is -0.870. The van der Waals surface area contributed by atoms with Crippen molar-refractivity contribution in [2.75, 3.05) is 11.9 Å². The molecule has 1 aromatic heterocycles. The van der Waals surface area contributed by atoms with E-state index in [9.17, 15) is 24.2 Å². The fraction of sp³-hybridized carbons (Fsp3) is 0.364. The van der Waals surface area contributed by atoms with Crippen LogP contribution in [0.15, 0.2) is 30.3 Å². The van der Waals surface area contributed by atoms with E-state index in [1.54, 1.807) is 6.08 Å². The first-order chi connectivity index (χ1) is 15.5. The summed E-state index contributed by atoms with van der Waals surface area (Å²) in [6, 6.07) is 5.57. The maximum absolute atomic E-state index is 13.5. The number of rotatable bonds is 9. The smallest absolute Gasteiger partial charge is 0.428 e. The van der Waals surface area contributed by atoms with Crippen molar-refractivity contribution in [2.45, 2.75) is 44.8 Å². The Bertz CT molecular complexity index is 1020. The summed E-state index contributed by atoms with van der Waals surface area (Å²) >= 11 is 3.52. The Morgan fingerprint density at radius 1 is 1.21 bits per heavy atom. The van der Waals surface area contributed by atoms with Gasteiger partial charge in [-0.3, -0.25) is 4.79 Å². The number of carbonyl (C=O) groups excluding carboxylic acids is 1. The SMILES string of the molecule is CC(C)c1nc(N(C)C(=O)OS)nc(-c2ccc(F)cc2)c1/C=C/[C@@H](O)C[C@@H](O)CC(=O)O. The number of carboxylic acids is 1. The quantitative estimate of drug-likeness (QED) is 0.318. The number of hydrogen-bond donors (Lipinski definition) is 4. The van der Waals surface area contributed by atoms with E-state index in [4.69, 9.17) is 5.11 Å². The lowest BCUT2D eigenvalue weighted by atomic mass is 9.97. The van der Waals surface area contributed by atoms with Crippen molar-refractivity contribution in [3.63, 3.8) is 0 Å². The van der Waals surface area contributed by atoms with Gasteiger partial charge in [0.05, 0.1) is 30.0 Å². The highest BCUT2D eigenvalue weighted by Crippen LogP contribution is 2.31. The van der Waals surface area contributed by atoms with Gasteiger partial charge in [-0.15, -0.1) is 0 Å². The fourth-order valence-electron chi connectivity index (χ4n) is 3.05. The average molecular weight is 480 g/mol. The Kier molecular flexibility index (Phi) is 9.32. The predicted octanol–water partition coefficient (Wildman–Crippen LogP) is 3.42. The summed E-state index contributed by atoms with van der Waals surface area (Å²) in [5.41, 5.74) is 1.96. The summed E-state index contributed by atoms with van der Waals surface area (Å²) in [4.78, 5) is 32.7. The molecule has 0 bridgehead atoms. The van der Waals surface area contributed by atoms with Gasteiger partial charge in [0.25, 0.3) is 0 Å². The molecule has 0 aliphatic rings. The molecule has 3 N–H and O–H groups in total. The molecule has 2 rings (SSSR count). The molecule has 11 heteroatoms. The van der Waals surface area contributed by atoms with Crippen molar-refractivity contribution in [1.82, 2.24) is 9.97 Å². The van der Waals surface area contributed by atoms with Gasteiger partial charge >= 0.3 is 12.1 Å². The Labute approximate surface area is 196 Å². The molecule has 0 saturated carbocycles. The molecule has 0 saturated heterocycles. The van der Waals surface area contributed by atoms with Gasteiger partial charge in [0.2, 0.25) is 5.95 Å². The van der Waals surface area contributed by atoms with Gasteiger partial charge in [0.15, 0.2) is 0 Å². The fourth-order valence-corrected chi connectivity index (χ4v) is 3.17. The Morgan fingerprint density at radius 3 is 2.39 bits per heavy atom. The molecule has 1 aromatic carbocycles. The first-order valence-electron chi connectivity index (χ1n) is 10.1. The second-order valence-corrected chi connectivity index (χ2v) is 7.85. The van der Waals surface area contributed by atoms with Crippen LogP contribution in [0.3, 0.4) is 0 Å². The number of carboxylic acid groups (broad SMARTS) is 1. The van der Waals surface area contributed by atoms with E-state index in [1.807, 2.05) is 13.8 Å². The number of thiol groups is 1. The Hall–Kier alpha value is -3.02. The molecule has 2 atom stereocenters. The first-order valence-corrected chi connectivity index (χ1v) is 10.4. The standard InChI is InChI=1S/C22H26FN3O6S/c1-12(2)19-17(9-8-15(27)10-16(28)11-18(29)30)20(13-4-6-14(23)7-5-13)25-21(24-19)26(3)22(31)32-33/h4-9,12,15-16,27-28,33H,10-11H2,1-3H3,(H,29,30)/b9-8+/t15-,16-/m1/s1. The van der Waals surface area contributed by atoms with E-state index in [1.165, 1.54) is 37.4 Å². The molecular weight excluding hydrogens is 453 g/mol. The molecule has 33 heavy (non-hydrogen) atoms. The molecule has 0 aliphatic carbocycles. The Balaban J connectivity index is 2.57. The number of anilines is 1. The number of aliphatic carboxylic acids is 1. The predicted molar refractivity (Wildman–Crippen MR) is 123 cm³/mol. The lowest BCUT2D eigenvalue weighted by molar-refractivity contribution is -0.139. The number of halogens is 1. The summed E-state index contributed by atoms with van der Waals surface area (Å²) < 4.78 is 18.0. The second kappa shape index (κ2) is 11.7. The maximum Gasteiger partial charge on any atom is 0.428 e. The summed E-state index contributed by atoms with van der Waals surface area (Å²) in [6.45, 7) is 3.75. The Morgan fingerprint density at radius 2 is 1.85 bits per heavy atom. The van der Waals surface area contributed by atoms with E-state index in [0.29, 0.717) is 22.5 Å². The maximum atomic E-state index is 13.5. The molecule has 2 aromatic rings. The number of aliphatic hydroxyl groups excluding tert-OH is 2. The second-order valence-electron chi connectivity index (χ2n) is 7.66. The average Bonchev–Trinajstić information content (AvgIpc) is 2.75. The number of aromatic nitrogens is 2. The third kappa shape index (κ3) is 7.24. The van der Waals surface area contributed by atoms with Crippen molar-refractivity contribution >= 4 is 37.0 Å². The molecule has 9 nitrogen and oxygen atoms in total. The number of hydrogen-bond acceptors (Lipinski definition) is 8. The normalized spacial score (nSPS) is 13.2. The van der Waals surface area contributed by atoms with Crippen LogP contribution in [0.5, 0.6) is 0 Å². The molecule has 1 heterocycles. The molecule has 0 radical (unpaired) electrons. The van der Waals surface area contributed by atoms with E-state index < -0.39 is 36.5 Å². The lowest BCUT2D eigenvalue weighted by Gasteiger charge is -2.20. The molecule has 0 spiro atoms. The minimum absolute atomic E-state index is 0.0339. The number of aliphatic hydroxyl groups is 2. The third-order valence-corrected chi connectivity index (χ3v) is 4.84. The zero-order valence-corrected chi connectivity index (χ0v) is 19.2. The first kappa shape index (κ1) is 26.2. The van der Waals surface area contributed by atoms with Gasteiger partial charge in [0, 0.05) is 37.5 Å². The summed E-state index contributed by atoms with van der Waals surface area (Å²) in [5.74, 6) is -1.72. The monoisotopic (exact) mass is 479 g/mol. The van der Waals surface area contributed by atoms with Gasteiger partial charge in [0.1, 0.15) is 5.82 Å². The highest BCUT2D eigenvalue weighted by atomic mass is 32.1. The zero-order chi connectivity index (χ0) is 24.7. The van der Waals surface area contributed by atoms with Crippen LogP contribution in [0, 0.1) is 5.82 Å². The number of benzene rings is 1. The van der Waals surface area contributed by atoms with E-state index in [2.05, 4.69) is 27.1 Å². The van der Waals surface area contributed by atoms with Crippen molar-refractivity contribution in [3.8, 4) is 11.3 Å².